The third-order valence-corrected chi connectivity index (χ3v) is 4.05. The van der Waals surface area contributed by atoms with E-state index in [1.54, 1.807) is 0 Å². The van der Waals surface area contributed by atoms with Crippen molar-refractivity contribution < 1.29 is 9.90 Å². The van der Waals surface area contributed by atoms with Gasteiger partial charge in [-0.3, -0.25) is 0 Å². The summed E-state index contributed by atoms with van der Waals surface area (Å²) in [5.41, 5.74) is 2.36. The molecule has 0 radical (unpaired) electrons. The molecule has 4 heteroatoms. The van der Waals surface area contributed by atoms with Gasteiger partial charge in [-0.05, 0) is 50.7 Å². The third kappa shape index (κ3) is 4.46. The van der Waals surface area contributed by atoms with Crippen molar-refractivity contribution in [2.45, 2.75) is 51.6 Å². The number of amides is 2. The molecule has 0 spiro atoms. The van der Waals surface area contributed by atoms with Gasteiger partial charge in [0.15, 0.2) is 0 Å². The van der Waals surface area contributed by atoms with E-state index in [0.29, 0.717) is 6.04 Å². The number of carbonyl (C=O) groups is 1. The molecule has 4 nitrogen and oxygen atoms in total. The molecule has 0 saturated heterocycles. The molecule has 1 unspecified atom stereocenters. The Hall–Kier alpha value is -1.55. The molecule has 1 aliphatic carbocycles. The molecular weight excluding hydrogens is 264 g/mol. The first-order chi connectivity index (χ1) is 10.1. The van der Waals surface area contributed by atoms with Crippen molar-refractivity contribution in [2.24, 2.45) is 0 Å². The molecule has 1 fully saturated rings. The second-order valence-corrected chi connectivity index (χ2v) is 5.88. The Kier molecular flexibility index (Phi) is 5.62. The lowest BCUT2D eigenvalue weighted by Gasteiger charge is -2.26. The van der Waals surface area contributed by atoms with Crippen molar-refractivity contribution in [2.75, 3.05) is 13.2 Å². The summed E-state index contributed by atoms with van der Waals surface area (Å²) in [6.07, 6.45) is 3.82. The predicted octanol–water partition coefficient (Wildman–Crippen LogP) is 3.00. The summed E-state index contributed by atoms with van der Waals surface area (Å²) in [5.74, 6) is 0. The predicted molar refractivity (Wildman–Crippen MR) is 84.2 cm³/mol. The minimum absolute atomic E-state index is 0.0118. The summed E-state index contributed by atoms with van der Waals surface area (Å²) in [7, 11) is 0. The van der Waals surface area contributed by atoms with Crippen molar-refractivity contribution in [3.8, 4) is 0 Å². The molecule has 21 heavy (non-hydrogen) atoms. The molecular formula is C17H26N2O2. The Morgan fingerprint density at radius 3 is 2.71 bits per heavy atom. The number of aliphatic hydroxyl groups is 1. The zero-order valence-electron chi connectivity index (χ0n) is 13.0. The Bertz CT molecular complexity index is 472. The van der Waals surface area contributed by atoms with Crippen molar-refractivity contribution >= 4 is 6.03 Å². The van der Waals surface area contributed by atoms with Gasteiger partial charge in [-0.1, -0.05) is 24.3 Å². The number of nitrogens with one attached hydrogen (secondary N) is 1. The van der Waals surface area contributed by atoms with Gasteiger partial charge >= 0.3 is 6.03 Å². The van der Waals surface area contributed by atoms with Gasteiger partial charge in [-0.25, -0.2) is 4.79 Å². The van der Waals surface area contributed by atoms with Crippen molar-refractivity contribution in [1.29, 1.82) is 0 Å². The van der Waals surface area contributed by atoms with E-state index in [4.69, 9.17) is 5.11 Å². The smallest absolute Gasteiger partial charge is 0.318 e. The Balaban J connectivity index is 1.93. The largest absolute Gasteiger partial charge is 0.396 e. The first kappa shape index (κ1) is 15.8. The fourth-order valence-corrected chi connectivity index (χ4v) is 2.65. The number of hydrogen-bond acceptors (Lipinski definition) is 2. The van der Waals surface area contributed by atoms with Crippen LogP contribution in [0, 0.1) is 6.92 Å². The van der Waals surface area contributed by atoms with Gasteiger partial charge in [-0.2, -0.15) is 0 Å². The molecule has 2 amide bonds. The highest BCUT2D eigenvalue weighted by Crippen LogP contribution is 2.28. The van der Waals surface area contributed by atoms with Gasteiger partial charge in [0.25, 0.3) is 0 Å². The standard InChI is InChI=1S/C17H26N2O2/c1-13-7-3-4-8-16(13)14(2)18-17(21)19(15-9-10-15)11-5-6-12-20/h3-4,7-8,14-15,20H,5-6,9-12H2,1-2H3,(H,18,21). The second kappa shape index (κ2) is 7.46. The molecule has 1 aromatic carbocycles. The first-order valence-corrected chi connectivity index (χ1v) is 7.87. The Labute approximate surface area is 127 Å². The molecule has 0 bridgehead atoms. The van der Waals surface area contributed by atoms with Gasteiger partial charge in [0.1, 0.15) is 0 Å². The van der Waals surface area contributed by atoms with Crippen LogP contribution in [0.15, 0.2) is 24.3 Å². The minimum atomic E-state index is 0.0118. The van der Waals surface area contributed by atoms with Crippen LogP contribution in [-0.2, 0) is 0 Å². The van der Waals surface area contributed by atoms with Gasteiger partial charge in [0.2, 0.25) is 0 Å². The zero-order chi connectivity index (χ0) is 15.2. The zero-order valence-corrected chi connectivity index (χ0v) is 13.0. The van der Waals surface area contributed by atoms with Crippen LogP contribution in [0.1, 0.15) is 49.8 Å². The average Bonchev–Trinajstić information content (AvgIpc) is 3.28. The summed E-state index contributed by atoms with van der Waals surface area (Å²) >= 11 is 0. The average molecular weight is 290 g/mol. The van der Waals surface area contributed by atoms with Crippen molar-refractivity contribution in [1.82, 2.24) is 10.2 Å². The van der Waals surface area contributed by atoms with E-state index < -0.39 is 0 Å². The van der Waals surface area contributed by atoms with E-state index in [1.165, 1.54) is 5.56 Å². The maximum Gasteiger partial charge on any atom is 0.318 e. The molecule has 2 N–H and O–H groups in total. The molecule has 0 heterocycles. The highest BCUT2D eigenvalue weighted by atomic mass is 16.3. The Morgan fingerprint density at radius 2 is 2.10 bits per heavy atom. The number of nitrogens with zero attached hydrogens (tertiary/aromatic N) is 1. The highest BCUT2D eigenvalue weighted by molar-refractivity contribution is 5.75. The molecule has 0 aromatic heterocycles. The number of unbranched alkanes of at least 4 members (excludes halogenated alkanes) is 1. The number of urea groups is 1. The lowest BCUT2D eigenvalue weighted by molar-refractivity contribution is 0.187. The fraction of sp³-hybridized carbons (Fsp3) is 0.588. The van der Waals surface area contributed by atoms with Crippen LogP contribution in [0.4, 0.5) is 4.79 Å². The van der Waals surface area contributed by atoms with Gasteiger partial charge < -0.3 is 15.3 Å². The fourth-order valence-electron chi connectivity index (χ4n) is 2.65. The van der Waals surface area contributed by atoms with E-state index in [2.05, 4.69) is 24.4 Å². The normalized spacial score (nSPS) is 15.6. The SMILES string of the molecule is Cc1ccccc1C(C)NC(=O)N(CCCCO)C1CC1. The third-order valence-electron chi connectivity index (χ3n) is 4.05. The van der Waals surface area contributed by atoms with Crippen LogP contribution >= 0.6 is 0 Å². The number of hydrogen-bond donors (Lipinski definition) is 2. The quantitative estimate of drug-likeness (QED) is 0.758. The minimum Gasteiger partial charge on any atom is -0.396 e. The lowest BCUT2D eigenvalue weighted by atomic mass is 10.0. The number of rotatable bonds is 7. The van der Waals surface area contributed by atoms with E-state index in [0.717, 1.165) is 37.8 Å². The Morgan fingerprint density at radius 1 is 1.38 bits per heavy atom. The highest BCUT2D eigenvalue weighted by Gasteiger charge is 2.32. The van der Waals surface area contributed by atoms with Crippen molar-refractivity contribution in [3.05, 3.63) is 35.4 Å². The molecule has 2 rings (SSSR count). The number of aryl methyl sites for hydroxylation is 1. The number of aliphatic hydroxyl groups excluding tert-OH is 1. The van der Waals surface area contributed by atoms with Crippen LogP contribution in [-0.4, -0.2) is 35.2 Å². The summed E-state index contributed by atoms with van der Waals surface area (Å²) in [5, 5.41) is 12.0. The van der Waals surface area contributed by atoms with Crippen LogP contribution < -0.4 is 5.32 Å². The van der Waals surface area contributed by atoms with E-state index in [-0.39, 0.29) is 18.7 Å². The second-order valence-electron chi connectivity index (χ2n) is 5.88. The summed E-state index contributed by atoms with van der Waals surface area (Å²) in [6, 6.07) is 8.58. The van der Waals surface area contributed by atoms with Gasteiger partial charge in [0.05, 0.1) is 6.04 Å². The monoisotopic (exact) mass is 290 g/mol. The topological polar surface area (TPSA) is 52.6 Å². The maximum atomic E-state index is 12.5. The van der Waals surface area contributed by atoms with Crippen LogP contribution in [0.25, 0.3) is 0 Å². The summed E-state index contributed by atoms with van der Waals surface area (Å²) < 4.78 is 0. The number of carbonyl (C=O) groups excluding carboxylic acids is 1. The molecule has 1 saturated carbocycles. The van der Waals surface area contributed by atoms with E-state index in [1.807, 2.05) is 24.0 Å². The summed E-state index contributed by atoms with van der Waals surface area (Å²) in [6.45, 7) is 5.02. The van der Waals surface area contributed by atoms with Crippen LogP contribution in [0.2, 0.25) is 0 Å². The van der Waals surface area contributed by atoms with Crippen LogP contribution in [0.3, 0.4) is 0 Å². The molecule has 1 atom stereocenters. The molecule has 1 aliphatic rings. The number of benzene rings is 1. The maximum absolute atomic E-state index is 12.5. The van der Waals surface area contributed by atoms with E-state index in [9.17, 15) is 4.79 Å². The van der Waals surface area contributed by atoms with E-state index >= 15 is 0 Å². The molecule has 116 valence electrons. The first-order valence-electron chi connectivity index (χ1n) is 7.87. The molecule has 1 aromatic rings. The lowest BCUT2D eigenvalue weighted by Crippen LogP contribution is -2.43. The van der Waals surface area contributed by atoms with Gasteiger partial charge in [0, 0.05) is 19.2 Å². The summed E-state index contributed by atoms with van der Waals surface area (Å²) in [4.78, 5) is 14.4. The van der Waals surface area contributed by atoms with Crippen LogP contribution in [0.5, 0.6) is 0 Å². The van der Waals surface area contributed by atoms with Gasteiger partial charge in [-0.15, -0.1) is 0 Å². The molecule has 0 aliphatic heterocycles. The van der Waals surface area contributed by atoms with Crippen molar-refractivity contribution in [3.63, 3.8) is 0 Å².